The Morgan fingerprint density at radius 3 is 2.14 bits per heavy atom. The van der Waals surface area contributed by atoms with Gasteiger partial charge in [-0.25, -0.2) is 0 Å². The fraction of sp³-hybridized carbons (Fsp3) is 0.889. The number of hydrogen-bond donors (Lipinski definition) is 2. The van der Waals surface area contributed by atoms with Gasteiger partial charge in [0.05, 0.1) is 12.6 Å². The van der Waals surface area contributed by atoms with E-state index in [4.69, 9.17) is 14.6 Å². The highest BCUT2D eigenvalue weighted by atomic mass is 16.7. The summed E-state index contributed by atoms with van der Waals surface area (Å²) in [6.45, 7) is 3.73. The summed E-state index contributed by atoms with van der Waals surface area (Å²) in [4.78, 5) is 11.4. The van der Waals surface area contributed by atoms with E-state index in [0.717, 1.165) is 0 Å². The van der Waals surface area contributed by atoms with Crippen LogP contribution in [0.1, 0.15) is 13.8 Å². The van der Waals surface area contributed by atoms with Gasteiger partial charge < -0.3 is 19.9 Å². The number of carbonyl (C=O) groups is 1. The van der Waals surface area contributed by atoms with Crippen molar-refractivity contribution in [3.05, 3.63) is 0 Å². The molecule has 0 aliphatic carbocycles. The third-order valence-corrected chi connectivity index (χ3v) is 1.97. The summed E-state index contributed by atoms with van der Waals surface area (Å²) in [5, 5.41) is 11.6. The van der Waals surface area contributed by atoms with E-state index < -0.39 is 6.29 Å². The van der Waals surface area contributed by atoms with Crippen LogP contribution in [0.4, 0.5) is 0 Å². The van der Waals surface area contributed by atoms with Crippen LogP contribution in [-0.4, -0.2) is 44.2 Å². The summed E-state index contributed by atoms with van der Waals surface area (Å²) in [6.07, 6.45) is -0.914. The molecule has 2 N–H and O–H groups in total. The SMILES string of the molecule is COC(OC)C(=O)NC(CO)C(C)C. The van der Waals surface area contributed by atoms with Crippen LogP contribution in [0, 0.1) is 5.92 Å². The average molecular weight is 205 g/mol. The molecule has 14 heavy (non-hydrogen) atoms. The summed E-state index contributed by atoms with van der Waals surface area (Å²) in [6, 6.07) is -0.268. The average Bonchev–Trinajstić information content (AvgIpc) is 2.15. The molecule has 1 amide bonds. The predicted molar refractivity (Wildman–Crippen MR) is 51.7 cm³/mol. The van der Waals surface area contributed by atoms with Crippen molar-refractivity contribution in [2.24, 2.45) is 5.92 Å². The quantitative estimate of drug-likeness (QED) is 0.586. The van der Waals surface area contributed by atoms with Crippen LogP contribution in [0.25, 0.3) is 0 Å². The van der Waals surface area contributed by atoms with Crippen LogP contribution < -0.4 is 5.32 Å². The summed E-state index contributed by atoms with van der Waals surface area (Å²) in [7, 11) is 2.77. The lowest BCUT2D eigenvalue weighted by atomic mass is 10.1. The lowest BCUT2D eigenvalue weighted by molar-refractivity contribution is -0.160. The molecular formula is C9H19NO4. The van der Waals surface area contributed by atoms with Crippen molar-refractivity contribution >= 4 is 5.91 Å². The minimum atomic E-state index is -0.914. The summed E-state index contributed by atoms with van der Waals surface area (Å²) in [5.41, 5.74) is 0. The number of aliphatic hydroxyl groups excluding tert-OH is 1. The molecule has 1 unspecified atom stereocenters. The van der Waals surface area contributed by atoms with Gasteiger partial charge >= 0.3 is 0 Å². The van der Waals surface area contributed by atoms with Crippen molar-refractivity contribution in [2.45, 2.75) is 26.2 Å². The van der Waals surface area contributed by atoms with Gasteiger partial charge in [-0.1, -0.05) is 13.8 Å². The highest BCUT2D eigenvalue weighted by Gasteiger charge is 2.21. The number of rotatable bonds is 6. The molecule has 0 fully saturated rings. The number of nitrogens with one attached hydrogen (secondary N) is 1. The van der Waals surface area contributed by atoms with E-state index in [1.54, 1.807) is 0 Å². The van der Waals surface area contributed by atoms with Crippen molar-refractivity contribution in [3.63, 3.8) is 0 Å². The maximum atomic E-state index is 11.4. The standard InChI is InChI=1S/C9H19NO4/c1-6(2)7(5-11)10-8(12)9(13-3)14-4/h6-7,9,11H,5H2,1-4H3,(H,10,12). The molecule has 1 atom stereocenters. The van der Waals surface area contributed by atoms with Gasteiger partial charge in [-0.3, -0.25) is 4.79 Å². The Morgan fingerprint density at radius 1 is 1.36 bits per heavy atom. The maximum Gasteiger partial charge on any atom is 0.277 e. The van der Waals surface area contributed by atoms with E-state index in [1.165, 1.54) is 14.2 Å². The monoisotopic (exact) mass is 205 g/mol. The van der Waals surface area contributed by atoms with Gasteiger partial charge in [-0.2, -0.15) is 0 Å². The Labute approximate surface area is 84.4 Å². The summed E-state index contributed by atoms with van der Waals surface area (Å²) < 4.78 is 9.54. The van der Waals surface area contributed by atoms with Gasteiger partial charge in [0.25, 0.3) is 5.91 Å². The molecule has 5 nitrogen and oxygen atoms in total. The van der Waals surface area contributed by atoms with Crippen LogP contribution in [-0.2, 0) is 14.3 Å². The molecule has 0 aliphatic rings. The second kappa shape index (κ2) is 6.75. The van der Waals surface area contributed by atoms with Crippen LogP contribution in [0.5, 0.6) is 0 Å². The number of carbonyl (C=O) groups excluding carboxylic acids is 1. The zero-order valence-corrected chi connectivity index (χ0v) is 9.11. The Morgan fingerprint density at radius 2 is 1.86 bits per heavy atom. The minimum Gasteiger partial charge on any atom is -0.394 e. The first-order chi connectivity index (χ1) is 6.56. The first kappa shape index (κ1) is 13.4. The van der Waals surface area contributed by atoms with Gasteiger partial charge in [0.2, 0.25) is 6.29 Å². The molecule has 0 aromatic rings. The second-order valence-electron chi connectivity index (χ2n) is 3.35. The van der Waals surface area contributed by atoms with Gasteiger partial charge in [-0.05, 0) is 5.92 Å². The fourth-order valence-corrected chi connectivity index (χ4v) is 0.984. The smallest absolute Gasteiger partial charge is 0.277 e. The Balaban J connectivity index is 4.13. The number of ether oxygens (including phenoxy) is 2. The first-order valence-corrected chi connectivity index (χ1v) is 4.53. The van der Waals surface area contributed by atoms with Crippen LogP contribution in [0.15, 0.2) is 0 Å². The number of amides is 1. The summed E-state index contributed by atoms with van der Waals surface area (Å²) in [5.74, 6) is -0.207. The topological polar surface area (TPSA) is 67.8 Å². The molecule has 0 bridgehead atoms. The van der Waals surface area contributed by atoms with Crippen molar-refractivity contribution in [1.29, 1.82) is 0 Å². The van der Waals surface area contributed by atoms with Crippen LogP contribution in [0.2, 0.25) is 0 Å². The van der Waals surface area contributed by atoms with E-state index in [1.807, 2.05) is 13.8 Å². The van der Waals surface area contributed by atoms with E-state index in [-0.39, 0.29) is 24.5 Å². The highest BCUT2D eigenvalue weighted by Crippen LogP contribution is 2.01. The molecule has 0 radical (unpaired) electrons. The molecule has 0 saturated carbocycles. The molecule has 84 valence electrons. The predicted octanol–water partition coefficient (Wildman–Crippen LogP) is -0.262. The molecule has 0 aromatic heterocycles. The van der Waals surface area contributed by atoms with Gasteiger partial charge in [0, 0.05) is 14.2 Å². The molecule has 5 heteroatoms. The fourth-order valence-electron chi connectivity index (χ4n) is 0.984. The lowest BCUT2D eigenvalue weighted by Crippen LogP contribution is -2.46. The van der Waals surface area contributed by atoms with Gasteiger partial charge in [0.1, 0.15) is 0 Å². The Hall–Kier alpha value is -0.650. The van der Waals surface area contributed by atoms with Crippen molar-refractivity contribution in [3.8, 4) is 0 Å². The van der Waals surface area contributed by atoms with Crippen LogP contribution in [0.3, 0.4) is 0 Å². The highest BCUT2D eigenvalue weighted by molar-refractivity contribution is 5.79. The maximum absolute atomic E-state index is 11.4. The first-order valence-electron chi connectivity index (χ1n) is 4.53. The Kier molecular flexibility index (Phi) is 6.44. The van der Waals surface area contributed by atoms with Crippen molar-refractivity contribution in [2.75, 3.05) is 20.8 Å². The van der Waals surface area contributed by atoms with Gasteiger partial charge in [-0.15, -0.1) is 0 Å². The van der Waals surface area contributed by atoms with E-state index in [9.17, 15) is 4.79 Å². The van der Waals surface area contributed by atoms with E-state index in [2.05, 4.69) is 5.32 Å². The normalized spacial score (nSPS) is 13.4. The number of methoxy groups -OCH3 is 2. The third kappa shape index (κ3) is 4.04. The molecule has 0 aromatic carbocycles. The minimum absolute atomic E-state index is 0.0937. The van der Waals surface area contributed by atoms with Crippen molar-refractivity contribution in [1.82, 2.24) is 5.32 Å². The summed E-state index contributed by atoms with van der Waals surface area (Å²) >= 11 is 0. The molecule has 0 spiro atoms. The molecule has 0 heterocycles. The zero-order chi connectivity index (χ0) is 11.1. The number of aliphatic hydroxyl groups is 1. The molecule has 0 saturated heterocycles. The lowest BCUT2D eigenvalue weighted by Gasteiger charge is -2.22. The third-order valence-electron chi connectivity index (χ3n) is 1.97. The van der Waals surface area contributed by atoms with Crippen molar-refractivity contribution < 1.29 is 19.4 Å². The van der Waals surface area contributed by atoms with E-state index in [0.29, 0.717) is 0 Å². The largest absolute Gasteiger partial charge is 0.394 e. The number of hydrogen-bond acceptors (Lipinski definition) is 4. The Bertz CT molecular complexity index is 168. The molecular weight excluding hydrogens is 186 g/mol. The molecule has 0 aliphatic heterocycles. The zero-order valence-electron chi connectivity index (χ0n) is 9.11. The second-order valence-corrected chi connectivity index (χ2v) is 3.35. The molecule has 0 rings (SSSR count). The van der Waals surface area contributed by atoms with Gasteiger partial charge in [0.15, 0.2) is 0 Å². The van der Waals surface area contributed by atoms with E-state index >= 15 is 0 Å². The van der Waals surface area contributed by atoms with Crippen LogP contribution >= 0.6 is 0 Å².